The summed E-state index contributed by atoms with van der Waals surface area (Å²) < 4.78 is 543. The van der Waals surface area contributed by atoms with Crippen molar-refractivity contribution in [3.63, 3.8) is 0 Å². The lowest BCUT2D eigenvalue weighted by Gasteiger charge is -2.55. The zero-order valence-corrected chi connectivity index (χ0v) is 31.4. The molecule has 0 fully saturated rings. The second kappa shape index (κ2) is 18.4. The van der Waals surface area contributed by atoms with Gasteiger partial charge in [0.15, 0.2) is 16.8 Å². The zero-order valence-electron chi connectivity index (χ0n) is 30.5. The molecular formula is C27H15F36O4P. The van der Waals surface area contributed by atoms with Crippen molar-refractivity contribution in [3.05, 3.63) is 38.0 Å². The van der Waals surface area contributed by atoms with Gasteiger partial charge in [-0.1, -0.05) is 38.0 Å². The first-order valence-corrected chi connectivity index (χ1v) is 16.8. The highest BCUT2D eigenvalue weighted by atomic mass is 31.2. The molecule has 404 valence electrons. The molecule has 0 amide bonds. The van der Waals surface area contributed by atoms with E-state index in [1.165, 1.54) is 19.7 Å². The van der Waals surface area contributed by atoms with Gasteiger partial charge in [-0.25, -0.2) is 83.6 Å². The summed E-state index contributed by atoms with van der Waals surface area (Å²) >= 11 is 0. The predicted molar refractivity (Wildman–Crippen MR) is 145 cm³/mol. The predicted octanol–water partition coefficient (Wildman–Crippen LogP) is 14.1. The molecule has 68 heavy (non-hydrogen) atoms. The Bertz CT molecular complexity index is 1530. The van der Waals surface area contributed by atoms with E-state index in [0.29, 0.717) is 0 Å². The Morgan fingerprint density at radius 3 is 0.441 bits per heavy atom. The van der Waals surface area contributed by atoms with Crippen LogP contribution in [0.25, 0.3) is 0 Å². The van der Waals surface area contributed by atoms with Crippen LogP contribution in [-0.4, -0.2) is 126 Å². The van der Waals surface area contributed by atoms with E-state index in [-0.39, 0.29) is 0 Å². The van der Waals surface area contributed by atoms with Gasteiger partial charge in [0.2, 0.25) is 0 Å². The molecule has 6 atom stereocenters. The highest BCUT2D eigenvalue weighted by Crippen LogP contribution is 2.75. The van der Waals surface area contributed by atoms with E-state index in [2.05, 4.69) is 13.6 Å². The molecule has 0 radical (unpaired) electrons. The topological polar surface area (TPSA) is 44.8 Å². The fraction of sp³-hybridized carbons (Fsp3) is 0.778. The molecule has 0 N–H and O–H groups in total. The lowest BCUT2D eigenvalue weighted by Crippen LogP contribution is -2.80. The average Bonchev–Trinajstić information content (AvgIpc) is 3.12. The lowest BCUT2D eigenvalue weighted by atomic mass is 9.71. The van der Waals surface area contributed by atoms with Gasteiger partial charge in [0.05, 0.1) is 0 Å². The molecule has 0 aromatic heterocycles. The quantitative estimate of drug-likeness (QED) is 0.0653. The summed E-state index contributed by atoms with van der Waals surface area (Å²) in [7, 11) is -11.5. The van der Waals surface area contributed by atoms with Gasteiger partial charge in [0.1, 0.15) is 0 Å². The average molecular weight is 1120 g/mol. The summed E-state index contributed by atoms with van der Waals surface area (Å²) in [5, 5.41) is 0. The zero-order chi connectivity index (χ0) is 55.7. The van der Waals surface area contributed by atoms with Crippen molar-refractivity contribution in [1.29, 1.82) is 0 Å². The highest BCUT2D eigenvalue weighted by molar-refractivity contribution is 7.48. The van der Waals surface area contributed by atoms with Crippen molar-refractivity contribution in [2.24, 2.45) is 0 Å². The van der Waals surface area contributed by atoms with E-state index in [9.17, 15) is 136 Å². The van der Waals surface area contributed by atoms with Crippen molar-refractivity contribution in [2.45, 2.75) is 126 Å². The molecule has 0 aliphatic heterocycles. The van der Waals surface area contributed by atoms with Gasteiger partial charge in [-0.15, -0.1) is 0 Å². The van der Waals surface area contributed by atoms with E-state index < -0.39 is 152 Å². The maximum Gasteiger partial charge on any atom is 0.478 e. The van der Waals surface area contributed by atoms with Crippen LogP contribution in [0.5, 0.6) is 0 Å². The van der Waals surface area contributed by atoms with Gasteiger partial charge < -0.3 is 0 Å². The second-order valence-electron chi connectivity index (χ2n) is 12.6. The maximum atomic E-state index is 16.0. The Morgan fingerprint density at radius 2 is 0.382 bits per heavy atom. The number of rotatable bonds is 21. The Morgan fingerprint density at radius 1 is 0.279 bits per heavy atom. The van der Waals surface area contributed by atoms with Crippen LogP contribution in [-0.2, 0) is 18.1 Å². The molecule has 0 spiro atoms. The molecule has 0 saturated heterocycles. The number of halogens is 36. The van der Waals surface area contributed by atoms with Crippen LogP contribution in [0.15, 0.2) is 38.0 Å². The van der Waals surface area contributed by atoms with E-state index in [4.69, 9.17) is 0 Å². The molecule has 0 aliphatic rings. The first kappa shape index (κ1) is 64.8. The summed E-state index contributed by atoms with van der Waals surface area (Å²) in [6.07, 6.45) is -106. The van der Waals surface area contributed by atoms with E-state index in [1.54, 1.807) is 0 Å². The Balaban J connectivity index is 11.2. The molecule has 0 aromatic rings. The van der Waals surface area contributed by atoms with E-state index >= 15 is 26.3 Å². The Kier molecular flexibility index (Phi) is 17.6. The third-order valence-electron chi connectivity index (χ3n) is 9.15. The minimum Gasteiger partial charge on any atom is -0.268 e. The van der Waals surface area contributed by atoms with Crippen LogP contribution in [0.3, 0.4) is 0 Å². The third-order valence-corrected chi connectivity index (χ3v) is 10.7. The van der Waals surface area contributed by atoms with Gasteiger partial charge in [-0.3, -0.25) is 13.6 Å². The normalized spacial score (nSPS) is 23.3. The fourth-order valence-electron chi connectivity index (χ4n) is 5.76. The summed E-state index contributed by atoms with van der Waals surface area (Å²) in [5.74, 6) is 0. The van der Waals surface area contributed by atoms with Crippen molar-refractivity contribution in [3.8, 4) is 0 Å². The second-order valence-corrected chi connectivity index (χ2v) is 14.0. The summed E-state index contributed by atoms with van der Waals surface area (Å²) in [4.78, 5) is 0. The van der Waals surface area contributed by atoms with Crippen molar-refractivity contribution >= 4 is 7.82 Å². The minimum atomic E-state index is -11.5. The number of phosphoric ester groups is 1. The van der Waals surface area contributed by atoms with Gasteiger partial charge in [-0.05, 0) is 0 Å². The van der Waals surface area contributed by atoms with E-state index in [0.717, 1.165) is 0 Å². The van der Waals surface area contributed by atoms with Crippen LogP contribution in [0.1, 0.15) is 0 Å². The first-order chi connectivity index (χ1) is 29.5. The van der Waals surface area contributed by atoms with Gasteiger partial charge >= 0.3 is 78.9 Å². The third kappa shape index (κ3) is 8.52. The van der Waals surface area contributed by atoms with Crippen LogP contribution in [0, 0.1) is 0 Å². The molecule has 0 aromatic carbocycles. The largest absolute Gasteiger partial charge is 0.478 e. The van der Waals surface area contributed by atoms with Gasteiger partial charge in [0.25, 0.3) is 38.6 Å². The molecule has 0 bridgehead atoms. The molecule has 0 rings (SSSR count). The summed E-state index contributed by atoms with van der Waals surface area (Å²) in [6, 6.07) is 0. The number of hydrogen-bond acceptors (Lipinski definition) is 4. The monoisotopic (exact) mass is 1120 g/mol. The highest BCUT2D eigenvalue weighted by Gasteiger charge is 2.94. The standard InChI is InChI=1S/C27H15F36O4P/c1-4-13(16(40,7(28)29)22(46,47)48,17(41,8(30)31)23(49,50)51)65-68(64,66-14(5-2,18(42,9(32)33)24(52,53)54)19(43,10(34)35)25(55,56)57)67-15(6-3,20(44,11(36)37)26(58,59)60)21(45,12(38)39)27(61,62)63/h4-12H,1-3H2. The molecule has 0 saturated carbocycles. The van der Waals surface area contributed by atoms with Gasteiger partial charge in [-0.2, -0.15) is 79.0 Å². The molecule has 6 unspecified atom stereocenters. The smallest absolute Gasteiger partial charge is 0.268 e. The van der Waals surface area contributed by atoms with Crippen molar-refractivity contribution < 1.29 is 176 Å². The molecule has 41 heteroatoms. The molecule has 4 nitrogen and oxygen atoms in total. The van der Waals surface area contributed by atoms with Crippen LogP contribution in [0.4, 0.5) is 158 Å². The van der Waals surface area contributed by atoms with Crippen LogP contribution >= 0.6 is 7.82 Å². The fourth-order valence-corrected chi connectivity index (χ4v) is 7.95. The van der Waals surface area contributed by atoms with Crippen molar-refractivity contribution in [1.82, 2.24) is 0 Å². The molecular weight excluding hydrogens is 1100 g/mol. The summed E-state index contributed by atoms with van der Waals surface area (Å²) in [6.45, 7) is 3.60. The Labute approximate surface area is 349 Å². The van der Waals surface area contributed by atoms with Gasteiger partial charge in [0, 0.05) is 0 Å². The lowest BCUT2D eigenvalue weighted by molar-refractivity contribution is -0.398. The minimum absolute atomic E-state index is 1.20. The Hall–Kier alpha value is -3.19. The number of phosphoric acid groups is 1. The maximum absolute atomic E-state index is 16.0. The van der Waals surface area contributed by atoms with Crippen LogP contribution < -0.4 is 0 Å². The number of hydrogen-bond donors (Lipinski definition) is 0. The van der Waals surface area contributed by atoms with Crippen LogP contribution in [0.2, 0.25) is 0 Å². The molecule has 0 aliphatic carbocycles. The first-order valence-electron chi connectivity index (χ1n) is 15.3. The number of alkyl halides is 36. The van der Waals surface area contributed by atoms with Crippen molar-refractivity contribution in [2.75, 3.05) is 0 Å². The van der Waals surface area contributed by atoms with E-state index in [1.807, 2.05) is 0 Å². The summed E-state index contributed by atoms with van der Waals surface area (Å²) in [5.41, 5.74) is -80.3. The SMILES string of the molecule is C=CC(OP(=O)(OC(C=C)(C(F)(C(F)F)C(F)(F)F)C(F)(C(F)F)C(F)(F)F)OC(C=C)(C(F)(C(F)F)C(F)(F)F)C(F)(C(F)F)C(F)(F)F)(C(F)(C(F)F)C(F)(F)F)C(F)(C(F)F)C(F)(F)F. The molecule has 0 heterocycles.